The molecule has 1 saturated carbocycles. The molecule has 2 N–H and O–H groups in total. The van der Waals surface area contributed by atoms with Crippen molar-refractivity contribution >= 4 is 11.5 Å². The Morgan fingerprint density at radius 1 is 1.41 bits per heavy atom. The number of rotatable bonds is 4. The van der Waals surface area contributed by atoms with E-state index in [1.165, 1.54) is 31.4 Å². The van der Waals surface area contributed by atoms with Gasteiger partial charge in [0.2, 0.25) is 0 Å². The first-order chi connectivity index (χ1) is 8.16. The van der Waals surface area contributed by atoms with E-state index < -0.39 is 0 Å². The topological polar surface area (TPSA) is 42.2 Å². The third kappa shape index (κ3) is 3.11. The average Bonchev–Trinajstić information content (AvgIpc) is 2.79. The van der Waals surface area contributed by atoms with Crippen molar-refractivity contribution in [3.05, 3.63) is 18.3 Å². The molecule has 0 aromatic carbocycles. The lowest BCUT2D eigenvalue weighted by Gasteiger charge is -2.32. The highest BCUT2D eigenvalue weighted by molar-refractivity contribution is 5.53. The van der Waals surface area contributed by atoms with Crippen LogP contribution in [0, 0.1) is 5.92 Å². The van der Waals surface area contributed by atoms with Gasteiger partial charge < -0.3 is 10.6 Å². The first-order valence-electron chi connectivity index (χ1n) is 6.65. The number of nitrogens with zero attached hydrogens (tertiary/aromatic N) is 2. The molecule has 1 aromatic heterocycles. The smallest absolute Gasteiger partial charge is 0.125 e. The number of pyridine rings is 1. The Balaban J connectivity index is 2.19. The quantitative estimate of drug-likeness (QED) is 0.869. The van der Waals surface area contributed by atoms with Crippen molar-refractivity contribution < 1.29 is 0 Å². The molecule has 17 heavy (non-hydrogen) atoms. The van der Waals surface area contributed by atoms with Crippen molar-refractivity contribution in [1.29, 1.82) is 0 Å². The second-order valence-corrected chi connectivity index (χ2v) is 5.42. The summed E-state index contributed by atoms with van der Waals surface area (Å²) < 4.78 is 0. The lowest BCUT2D eigenvalue weighted by Crippen LogP contribution is -2.36. The Bertz CT molecular complexity index is 356. The Morgan fingerprint density at radius 3 is 2.71 bits per heavy atom. The molecule has 0 unspecified atom stereocenters. The van der Waals surface area contributed by atoms with Gasteiger partial charge in [-0.05, 0) is 24.8 Å². The molecule has 0 atom stereocenters. The molecule has 94 valence electrons. The van der Waals surface area contributed by atoms with E-state index in [1.54, 1.807) is 0 Å². The maximum Gasteiger partial charge on any atom is 0.125 e. The normalized spacial score (nSPS) is 16.6. The molecule has 0 radical (unpaired) electrons. The monoisotopic (exact) mass is 233 g/mol. The van der Waals surface area contributed by atoms with Gasteiger partial charge in [0, 0.05) is 30.5 Å². The summed E-state index contributed by atoms with van der Waals surface area (Å²) in [6.45, 7) is 5.65. The first kappa shape index (κ1) is 12.2. The molecule has 1 aliphatic carbocycles. The first-order valence-corrected chi connectivity index (χ1v) is 6.65. The number of hydrogen-bond donors (Lipinski definition) is 1. The van der Waals surface area contributed by atoms with Gasteiger partial charge in [-0.25, -0.2) is 4.98 Å². The van der Waals surface area contributed by atoms with E-state index in [4.69, 9.17) is 5.73 Å². The van der Waals surface area contributed by atoms with E-state index in [0.29, 0.717) is 17.8 Å². The summed E-state index contributed by atoms with van der Waals surface area (Å²) in [7, 11) is 0. The van der Waals surface area contributed by atoms with Crippen LogP contribution in [0.2, 0.25) is 0 Å². The van der Waals surface area contributed by atoms with Crippen molar-refractivity contribution in [3.63, 3.8) is 0 Å². The maximum absolute atomic E-state index is 5.79. The van der Waals surface area contributed by atoms with Crippen LogP contribution in [0.25, 0.3) is 0 Å². The maximum atomic E-state index is 5.79. The van der Waals surface area contributed by atoms with Crippen LogP contribution < -0.4 is 10.6 Å². The minimum atomic E-state index is 0.620. The van der Waals surface area contributed by atoms with E-state index in [1.807, 2.05) is 12.3 Å². The number of aromatic nitrogens is 1. The van der Waals surface area contributed by atoms with Gasteiger partial charge >= 0.3 is 0 Å². The number of hydrogen-bond acceptors (Lipinski definition) is 3. The zero-order valence-electron chi connectivity index (χ0n) is 10.9. The molecular weight excluding hydrogens is 210 g/mol. The fourth-order valence-electron chi connectivity index (χ4n) is 2.69. The largest absolute Gasteiger partial charge is 0.384 e. The molecule has 0 saturated heterocycles. The number of nitrogen functional groups attached to an aromatic ring is 1. The van der Waals surface area contributed by atoms with Gasteiger partial charge in [0.25, 0.3) is 0 Å². The van der Waals surface area contributed by atoms with Crippen LogP contribution in [0.5, 0.6) is 0 Å². The summed E-state index contributed by atoms with van der Waals surface area (Å²) in [5.41, 5.74) is 7.02. The van der Waals surface area contributed by atoms with E-state index in [-0.39, 0.29) is 0 Å². The summed E-state index contributed by atoms with van der Waals surface area (Å²) in [6, 6.07) is 4.77. The molecule has 1 heterocycles. The standard InChI is InChI=1S/C14H23N3/c1-11(2)10-17(12-5-3-4-6-12)13-7-8-16-14(15)9-13/h7-9,11-12H,3-6,10H2,1-2H3,(H2,15,16). The fourth-order valence-corrected chi connectivity index (χ4v) is 2.69. The van der Waals surface area contributed by atoms with Crippen LogP contribution in [-0.4, -0.2) is 17.6 Å². The lowest BCUT2D eigenvalue weighted by molar-refractivity contribution is 0.536. The average molecular weight is 233 g/mol. The van der Waals surface area contributed by atoms with E-state index in [9.17, 15) is 0 Å². The van der Waals surface area contributed by atoms with Gasteiger partial charge in [0.15, 0.2) is 0 Å². The summed E-state index contributed by atoms with van der Waals surface area (Å²) in [5.74, 6) is 1.29. The highest BCUT2D eigenvalue weighted by Crippen LogP contribution is 2.29. The van der Waals surface area contributed by atoms with Gasteiger partial charge in [0.1, 0.15) is 5.82 Å². The summed E-state index contributed by atoms with van der Waals surface area (Å²) in [4.78, 5) is 6.60. The third-order valence-corrected chi connectivity index (χ3v) is 3.42. The van der Waals surface area contributed by atoms with Crippen LogP contribution in [0.4, 0.5) is 11.5 Å². The lowest BCUT2D eigenvalue weighted by atomic mass is 10.1. The molecule has 3 heteroatoms. The summed E-state index contributed by atoms with van der Waals surface area (Å²) >= 11 is 0. The second-order valence-electron chi connectivity index (χ2n) is 5.42. The second kappa shape index (κ2) is 5.39. The molecule has 1 fully saturated rings. The third-order valence-electron chi connectivity index (χ3n) is 3.42. The van der Waals surface area contributed by atoms with Gasteiger partial charge in [-0.3, -0.25) is 0 Å². The van der Waals surface area contributed by atoms with Crippen molar-refractivity contribution in [2.75, 3.05) is 17.2 Å². The highest BCUT2D eigenvalue weighted by Gasteiger charge is 2.23. The molecule has 2 rings (SSSR count). The van der Waals surface area contributed by atoms with E-state index >= 15 is 0 Å². The molecule has 3 nitrogen and oxygen atoms in total. The predicted octanol–water partition coefficient (Wildman–Crippen LogP) is 3.07. The summed E-state index contributed by atoms with van der Waals surface area (Å²) in [6.07, 6.45) is 7.16. The van der Waals surface area contributed by atoms with Crippen molar-refractivity contribution in [2.45, 2.75) is 45.6 Å². The molecule has 0 spiro atoms. The van der Waals surface area contributed by atoms with Gasteiger partial charge in [-0.1, -0.05) is 26.7 Å². The van der Waals surface area contributed by atoms with Gasteiger partial charge in [0.05, 0.1) is 0 Å². The van der Waals surface area contributed by atoms with Gasteiger partial charge in [-0.2, -0.15) is 0 Å². The molecule has 1 aliphatic rings. The Morgan fingerprint density at radius 2 is 2.12 bits per heavy atom. The van der Waals surface area contributed by atoms with Crippen LogP contribution >= 0.6 is 0 Å². The SMILES string of the molecule is CC(C)CN(c1ccnc(N)c1)C1CCCC1. The molecule has 1 aromatic rings. The molecular formula is C14H23N3. The summed E-state index contributed by atoms with van der Waals surface area (Å²) in [5, 5.41) is 0. The minimum absolute atomic E-state index is 0.620. The van der Waals surface area contributed by atoms with Gasteiger partial charge in [-0.15, -0.1) is 0 Å². The highest BCUT2D eigenvalue weighted by atomic mass is 15.2. The molecule has 0 bridgehead atoms. The number of nitrogens with two attached hydrogens (primary N) is 1. The van der Waals surface area contributed by atoms with Crippen LogP contribution in [-0.2, 0) is 0 Å². The zero-order chi connectivity index (χ0) is 12.3. The van der Waals surface area contributed by atoms with Crippen molar-refractivity contribution in [3.8, 4) is 0 Å². The fraction of sp³-hybridized carbons (Fsp3) is 0.643. The van der Waals surface area contributed by atoms with E-state index in [2.05, 4.69) is 29.8 Å². The Hall–Kier alpha value is -1.25. The minimum Gasteiger partial charge on any atom is -0.384 e. The van der Waals surface area contributed by atoms with E-state index in [0.717, 1.165) is 6.54 Å². The van der Waals surface area contributed by atoms with Crippen LogP contribution in [0.3, 0.4) is 0 Å². The molecule has 0 amide bonds. The zero-order valence-corrected chi connectivity index (χ0v) is 10.9. The molecule has 0 aliphatic heterocycles. The van der Waals surface area contributed by atoms with Crippen LogP contribution in [0.15, 0.2) is 18.3 Å². The predicted molar refractivity (Wildman–Crippen MR) is 73.1 cm³/mol. The number of anilines is 2. The van der Waals surface area contributed by atoms with Crippen molar-refractivity contribution in [2.24, 2.45) is 5.92 Å². The Labute approximate surface area is 104 Å². The van der Waals surface area contributed by atoms with Crippen LogP contribution in [0.1, 0.15) is 39.5 Å². The Kier molecular flexibility index (Phi) is 3.87. The van der Waals surface area contributed by atoms with Crippen molar-refractivity contribution in [1.82, 2.24) is 4.98 Å².